The summed E-state index contributed by atoms with van der Waals surface area (Å²) in [4.78, 5) is 169. The minimum Gasteiger partial charge on any atom is -0.351 e. The second-order valence-electron chi connectivity index (χ2n) is 26.3. The van der Waals surface area contributed by atoms with Crippen molar-refractivity contribution in [3.05, 3.63) is 69.2 Å². The molecule has 0 radical (unpaired) electrons. The fourth-order valence-electron chi connectivity index (χ4n) is 12.8. The fraction of sp³-hybridized carbons (Fsp3) is 0.646. The highest BCUT2D eigenvalue weighted by atomic mass is 35.5. The lowest BCUT2D eigenvalue weighted by molar-refractivity contribution is -0.157. The molecule has 4 aliphatic rings. The van der Waals surface area contributed by atoms with E-state index < -0.39 is 161 Å². The minimum absolute atomic E-state index is 0.0383. The largest absolute Gasteiger partial charge is 0.417 e. The Morgan fingerprint density at radius 3 is 1.85 bits per heavy atom. The lowest BCUT2D eigenvalue weighted by Gasteiger charge is -2.43. The zero-order valence-electron chi connectivity index (χ0n) is 54.9. The van der Waals surface area contributed by atoms with Crippen molar-refractivity contribution in [1.29, 1.82) is 0 Å². The third-order valence-electron chi connectivity index (χ3n) is 18.5. The molecule has 9 atom stereocenters. The van der Waals surface area contributed by atoms with E-state index >= 15 is 9.59 Å². The van der Waals surface area contributed by atoms with Crippen molar-refractivity contribution in [2.24, 2.45) is 17.8 Å². The summed E-state index contributed by atoms with van der Waals surface area (Å²) in [6, 6.07) is 0.544. The van der Waals surface area contributed by atoms with Gasteiger partial charge in [-0.2, -0.15) is 13.2 Å². The van der Waals surface area contributed by atoms with Crippen molar-refractivity contribution >= 4 is 88.2 Å². The maximum absolute atomic E-state index is 15.0. The number of rotatable bonds is 10. The maximum Gasteiger partial charge on any atom is 0.417 e. The average Bonchev–Trinajstić information content (AvgIpc) is 1.46. The molecule has 6 rings (SSSR count). The number of carbonyl (C=O) groups is 11. The number of halogens is 5. The van der Waals surface area contributed by atoms with Crippen LogP contribution < -0.4 is 21.3 Å². The van der Waals surface area contributed by atoms with Gasteiger partial charge in [0, 0.05) is 72.2 Å². The molecule has 508 valence electrons. The van der Waals surface area contributed by atoms with Crippen LogP contribution in [-0.2, 0) is 71.8 Å². The molecule has 22 nitrogen and oxygen atoms in total. The quantitative estimate of drug-likeness (QED) is 0.239. The molecule has 1 saturated carbocycles. The van der Waals surface area contributed by atoms with Crippen LogP contribution in [-0.4, -0.2) is 215 Å². The molecule has 92 heavy (non-hydrogen) atoms. The van der Waals surface area contributed by atoms with Crippen LogP contribution in [0.1, 0.15) is 136 Å². The van der Waals surface area contributed by atoms with Gasteiger partial charge in [0.05, 0.1) is 23.7 Å². The van der Waals surface area contributed by atoms with Crippen LogP contribution in [0, 0.1) is 17.8 Å². The molecule has 11 amide bonds. The molecular formula is C65H92Cl2F3N11O11. The smallest absolute Gasteiger partial charge is 0.351 e. The van der Waals surface area contributed by atoms with E-state index in [1.807, 2.05) is 20.8 Å². The number of likely N-dealkylation sites (N-methyl/N-ethyl adjacent to an activating group) is 5. The molecule has 4 N–H and O–H groups in total. The average molecular weight is 1330 g/mol. The predicted octanol–water partition coefficient (Wildman–Crippen LogP) is 5.23. The second kappa shape index (κ2) is 31.7. The van der Waals surface area contributed by atoms with Crippen molar-refractivity contribution in [1.82, 2.24) is 55.6 Å². The summed E-state index contributed by atoms with van der Waals surface area (Å²) in [7, 11) is 7.06. The molecule has 1 aliphatic carbocycles. The molecule has 0 unspecified atom stereocenters. The first-order valence-electron chi connectivity index (χ1n) is 31.8. The number of aryl methyl sites for hydroxylation is 1. The van der Waals surface area contributed by atoms with Gasteiger partial charge in [0.1, 0.15) is 47.8 Å². The first kappa shape index (κ1) is 74.0. The van der Waals surface area contributed by atoms with Gasteiger partial charge in [-0.05, 0) is 111 Å². The van der Waals surface area contributed by atoms with Crippen LogP contribution in [0.3, 0.4) is 0 Å². The van der Waals surface area contributed by atoms with Crippen molar-refractivity contribution in [3.63, 3.8) is 0 Å². The van der Waals surface area contributed by atoms with Crippen LogP contribution >= 0.6 is 23.2 Å². The minimum atomic E-state index is -4.76. The molecule has 4 fully saturated rings. The van der Waals surface area contributed by atoms with Gasteiger partial charge < -0.3 is 55.6 Å². The van der Waals surface area contributed by atoms with Gasteiger partial charge in [0.25, 0.3) is 0 Å². The molecule has 3 aliphatic heterocycles. The number of hydrogen-bond acceptors (Lipinski definition) is 11. The number of alkyl halides is 3. The molecule has 3 heterocycles. The molecule has 0 aromatic heterocycles. The number of hydrogen-bond donors (Lipinski definition) is 4. The molecule has 2 aromatic rings. The Bertz CT molecular complexity index is 3060. The number of benzene rings is 2. The standard InChI is InChI=1S/C65H92Cl2F3N11O11/c1-13-39(6)54-62(91)76(9)36-53(84)80-30-26-48(80)61(90)78(11)50(34-42-18-22-43(66)23-19-42)60(89)75(8)35-51(82)72-46(25-21-41-20-24-44(45(67)33-41)65(68,69)70)59(88)81-29-16-17-47(81)57(86)74-64(27-14-15-28-64)63(92)79(12)55(38(4)5)58(87)71-40(7)32-52(83)77(10)49(31-37(2)3)56(85)73-54/h18-20,22-24,33,37-40,46-50,54-55H,13-17,21,25-32,34-36H2,1-12H3,(H,71,87)(H,72,82)(H,73,85)(H,74,86)/t39-,40+,46-,47-,48-,49-,50-,54-,55-/m0/s1. The molecule has 2 aromatic carbocycles. The topological polar surface area (TPSA) is 259 Å². The van der Waals surface area contributed by atoms with Gasteiger partial charge in [0.15, 0.2) is 0 Å². The van der Waals surface area contributed by atoms with Gasteiger partial charge in [-0.15, -0.1) is 0 Å². The Hall–Kier alpha value is -7.02. The van der Waals surface area contributed by atoms with Crippen molar-refractivity contribution in [2.45, 2.75) is 192 Å². The van der Waals surface area contributed by atoms with Crippen molar-refractivity contribution < 1.29 is 65.9 Å². The van der Waals surface area contributed by atoms with E-state index in [0.717, 1.165) is 17.0 Å². The highest BCUT2D eigenvalue weighted by Crippen LogP contribution is 2.37. The Kier molecular flexibility index (Phi) is 25.5. The summed E-state index contributed by atoms with van der Waals surface area (Å²) in [6.07, 6.45) is -2.62. The van der Waals surface area contributed by atoms with E-state index in [2.05, 4.69) is 21.3 Å². The van der Waals surface area contributed by atoms with E-state index in [1.165, 1.54) is 70.7 Å². The Morgan fingerprint density at radius 2 is 1.27 bits per heavy atom. The maximum atomic E-state index is 15.0. The molecule has 3 saturated heterocycles. The highest BCUT2D eigenvalue weighted by Gasteiger charge is 2.50. The Morgan fingerprint density at radius 1 is 0.641 bits per heavy atom. The van der Waals surface area contributed by atoms with E-state index in [4.69, 9.17) is 23.2 Å². The number of fused-ring (bicyclic) bond motifs is 2. The molecular weight excluding hydrogens is 1240 g/mol. The Balaban J connectivity index is 1.38. The summed E-state index contributed by atoms with van der Waals surface area (Å²) in [5, 5.41) is 11.3. The lowest BCUT2D eigenvalue weighted by Crippen LogP contribution is -2.64. The van der Waals surface area contributed by atoms with Crippen LogP contribution in [0.5, 0.6) is 0 Å². The molecule has 0 bridgehead atoms. The summed E-state index contributed by atoms with van der Waals surface area (Å²) in [6.45, 7) is 11.5. The SMILES string of the molecule is CC[C@H](C)[C@@H]1NC(=O)[C@H](CC(C)C)N(C)C(=O)C[C@@H](C)NC(=O)[C@H](C(C)C)N(C)C(=O)C2(CCCC2)NC(=O)[C@@H]2CCCN2C(=O)[C@H](CCc2ccc(C(F)(F)F)c(Cl)c2)NC(=O)CN(C)C(=O)[C@H](Cc2ccc(Cl)cc2)N(C)C(=O)[C@@H]2CCN2C(=O)CN(C)C1=O. The van der Waals surface area contributed by atoms with Crippen molar-refractivity contribution in [2.75, 3.05) is 61.4 Å². The van der Waals surface area contributed by atoms with E-state index in [0.29, 0.717) is 41.8 Å². The third-order valence-corrected chi connectivity index (χ3v) is 19.0. The monoisotopic (exact) mass is 1330 g/mol. The number of amides is 11. The lowest BCUT2D eigenvalue weighted by atomic mass is 9.92. The molecule has 1 spiro atoms. The molecule has 27 heteroatoms. The van der Waals surface area contributed by atoms with Crippen LogP contribution in [0.4, 0.5) is 13.2 Å². The zero-order valence-corrected chi connectivity index (χ0v) is 56.4. The first-order chi connectivity index (χ1) is 43.1. The zero-order chi connectivity index (χ0) is 68.4. The van der Waals surface area contributed by atoms with Crippen LogP contribution in [0.15, 0.2) is 42.5 Å². The summed E-state index contributed by atoms with van der Waals surface area (Å²) in [5.74, 6) is -8.08. The second-order valence-corrected chi connectivity index (χ2v) is 27.1. The number of nitrogens with one attached hydrogen (secondary N) is 4. The third kappa shape index (κ3) is 18.0. The van der Waals surface area contributed by atoms with Gasteiger partial charge in [-0.1, -0.05) is 102 Å². The summed E-state index contributed by atoms with van der Waals surface area (Å²) < 4.78 is 41.3. The summed E-state index contributed by atoms with van der Waals surface area (Å²) >= 11 is 12.3. The number of carbonyl (C=O) groups excluding carboxylic acids is 11. The summed E-state index contributed by atoms with van der Waals surface area (Å²) in [5.41, 5.74) is -1.72. The fourth-order valence-corrected chi connectivity index (χ4v) is 13.3. The normalized spacial score (nSPS) is 26.0. The van der Waals surface area contributed by atoms with E-state index in [-0.39, 0.29) is 76.8 Å². The van der Waals surface area contributed by atoms with Gasteiger partial charge in [-0.3, -0.25) is 52.7 Å². The Labute approximate surface area is 547 Å². The van der Waals surface area contributed by atoms with Crippen LogP contribution in [0.2, 0.25) is 10.0 Å². The first-order valence-corrected chi connectivity index (χ1v) is 32.6. The van der Waals surface area contributed by atoms with E-state index in [9.17, 15) is 56.3 Å². The van der Waals surface area contributed by atoms with Gasteiger partial charge >= 0.3 is 6.18 Å². The number of nitrogens with zero attached hydrogens (tertiary/aromatic N) is 7. The van der Waals surface area contributed by atoms with E-state index in [1.54, 1.807) is 52.0 Å². The van der Waals surface area contributed by atoms with Crippen molar-refractivity contribution in [3.8, 4) is 0 Å². The highest BCUT2D eigenvalue weighted by molar-refractivity contribution is 6.31. The van der Waals surface area contributed by atoms with Gasteiger partial charge in [0.2, 0.25) is 65.0 Å². The van der Waals surface area contributed by atoms with Crippen LogP contribution in [0.25, 0.3) is 0 Å². The predicted molar refractivity (Wildman–Crippen MR) is 339 cm³/mol. The van der Waals surface area contributed by atoms with Gasteiger partial charge in [-0.25, -0.2) is 0 Å².